The number of aromatic nitrogens is 4. The summed E-state index contributed by atoms with van der Waals surface area (Å²) in [4.78, 5) is 31.6. The first-order valence-corrected chi connectivity index (χ1v) is 7.59. The number of hydrogen-bond acceptors (Lipinski definition) is 5. The van der Waals surface area contributed by atoms with Gasteiger partial charge in [-0.2, -0.15) is 5.10 Å². The molecule has 0 saturated carbocycles. The molecule has 1 aromatic carbocycles. The van der Waals surface area contributed by atoms with Crippen molar-refractivity contribution < 1.29 is 9.59 Å². The largest absolute Gasteiger partial charge is 0.331 e. The van der Waals surface area contributed by atoms with Gasteiger partial charge < -0.3 is 10.6 Å². The van der Waals surface area contributed by atoms with Crippen molar-refractivity contribution in [2.75, 3.05) is 5.32 Å². The number of nitrogens with one attached hydrogen (secondary N) is 3. The summed E-state index contributed by atoms with van der Waals surface area (Å²) >= 11 is 0. The van der Waals surface area contributed by atoms with Crippen LogP contribution < -0.4 is 10.6 Å². The van der Waals surface area contributed by atoms with Gasteiger partial charge in [-0.3, -0.25) is 14.9 Å². The fourth-order valence-electron chi connectivity index (χ4n) is 2.16. The molecule has 8 heteroatoms. The van der Waals surface area contributed by atoms with E-state index in [1.54, 1.807) is 48.8 Å². The lowest BCUT2D eigenvalue weighted by Gasteiger charge is -2.07. The molecule has 2 heterocycles. The van der Waals surface area contributed by atoms with Crippen LogP contribution in [-0.2, 0) is 6.54 Å². The number of nitrogens with zero attached hydrogens (tertiary/aromatic N) is 3. The van der Waals surface area contributed by atoms with E-state index in [2.05, 4.69) is 30.8 Å². The van der Waals surface area contributed by atoms with Crippen LogP contribution in [0.5, 0.6) is 0 Å². The second-order valence-electron chi connectivity index (χ2n) is 5.29. The van der Waals surface area contributed by atoms with Gasteiger partial charge in [-0.05, 0) is 31.2 Å². The fraction of sp³-hybridized carbons (Fsp3) is 0.118. The number of anilines is 1. The van der Waals surface area contributed by atoms with Crippen molar-refractivity contribution >= 4 is 17.5 Å². The van der Waals surface area contributed by atoms with Gasteiger partial charge in [0.25, 0.3) is 0 Å². The SMILES string of the molecule is CC(=O)c1cccc(NC(=O)NCc2nc(-c3ccncc3)n[nH]2)c1. The molecule has 0 unspecified atom stereocenters. The quantitative estimate of drug-likeness (QED) is 0.619. The highest BCUT2D eigenvalue weighted by molar-refractivity contribution is 5.96. The molecule has 0 radical (unpaired) electrons. The van der Waals surface area contributed by atoms with E-state index in [4.69, 9.17) is 0 Å². The van der Waals surface area contributed by atoms with Crippen molar-refractivity contribution in [3.63, 3.8) is 0 Å². The van der Waals surface area contributed by atoms with Crippen LogP contribution in [0.25, 0.3) is 11.4 Å². The maximum atomic E-state index is 12.0. The number of aromatic amines is 1. The van der Waals surface area contributed by atoms with E-state index < -0.39 is 6.03 Å². The number of H-pyrrole nitrogens is 1. The normalized spacial score (nSPS) is 10.3. The summed E-state index contributed by atoms with van der Waals surface area (Å²) in [5.74, 6) is 1.00. The Balaban J connectivity index is 1.57. The molecule has 2 amide bonds. The van der Waals surface area contributed by atoms with Gasteiger partial charge in [-0.25, -0.2) is 9.78 Å². The predicted octanol–water partition coefficient (Wildman–Crippen LogP) is 2.39. The van der Waals surface area contributed by atoms with Crippen molar-refractivity contribution in [1.82, 2.24) is 25.5 Å². The number of amides is 2. The minimum Gasteiger partial charge on any atom is -0.331 e. The summed E-state index contributed by atoms with van der Waals surface area (Å²) in [5.41, 5.74) is 1.92. The number of ketones is 1. The molecule has 0 aliphatic heterocycles. The molecule has 126 valence electrons. The van der Waals surface area contributed by atoms with Crippen molar-refractivity contribution in [2.45, 2.75) is 13.5 Å². The van der Waals surface area contributed by atoms with Crippen LogP contribution in [-0.4, -0.2) is 32.0 Å². The van der Waals surface area contributed by atoms with Crippen LogP contribution in [0.15, 0.2) is 48.8 Å². The zero-order valence-electron chi connectivity index (χ0n) is 13.5. The van der Waals surface area contributed by atoms with Crippen LogP contribution in [0.3, 0.4) is 0 Å². The van der Waals surface area contributed by atoms with Gasteiger partial charge in [0.1, 0.15) is 5.82 Å². The van der Waals surface area contributed by atoms with Crippen LogP contribution in [0, 0.1) is 0 Å². The van der Waals surface area contributed by atoms with Crippen molar-refractivity contribution in [3.05, 3.63) is 60.2 Å². The van der Waals surface area contributed by atoms with Crippen LogP contribution in [0.1, 0.15) is 23.1 Å². The van der Waals surface area contributed by atoms with Gasteiger partial charge in [0.2, 0.25) is 0 Å². The first-order chi connectivity index (χ1) is 12.1. The Kier molecular flexibility index (Phi) is 4.79. The number of rotatable bonds is 5. The van der Waals surface area contributed by atoms with Crippen molar-refractivity contribution in [2.24, 2.45) is 0 Å². The molecule has 3 aromatic rings. The topological polar surface area (TPSA) is 113 Å². The van der Waals surface area contributed by atoms with Crippen LogP contribution >= 0.6 is 0 Å². The van der Waals surface area contributed by atoms with E-state index in [1.165, 1.54) is 6.92 Å². The summed E-state index contributed by atoms with van der Waals surface area (Å²) < 4.78 is 0. The standard InChI is InChI=1S/C17H16N6O2/c1-11(24)13-3-2-4-14(9-13)20-17(25)19-10-15-21-16(23-22-15)12-5-7-18-8-6-12/h2-9H,10H2,1H3,(H2,19,20,25)(H,21,22,23). The maximum Gasteiger partial charge on any atom is 0.319 e. The summed E-state index contributed by atoms with van der Waals surface area (Å²) in [6, 6.07) is 9.94. The summed E-state index contributed by atoms with van der Waals surface area (Å²) in [6.07, 6.45) is 3.32. The molecule has 0 aliphatic carbocycles. The number of carbonyl (C=O) groups excluding carboxylic acids is 2. The zero-order chi connectivity index (χ0) is 17.6. The molecule has 0 aliphatic rings. The molecular weight excluding hydrogens is 320 g/mol. The molecular formula is C17H16N6O2. The van der Waals surface area contributed by atoms with Crippen LogP contribution in [0.4, 0.5) is 10.5 Å². The minimum absolute atomic E-state index is 0.0608. The minimum atomic E-state index is -0.400. The van der Waals surface area contributed by atoms with E-state index in [1.807, 2.05) is 0 Å². The highest BCUT2D eigenvalue weighted by atomic mass is 16.2. The summed E-state index contributed by atoms with van der Waals surface area (Å²) in [5, 5.41) is 12.2. The van der Waals surface area contributed by atoms with Gasteiger partial charge in [-0.15, -0.1) is 0 Å². The summed E-state index contributed by atoms with van der Waals surface area (Å²) in [6.45, 7) is 1.67. The van der Waals surface area contributed by atoms with Gasteiger partial charge >= 0.3 is 6.03 Å². The number of Topliss-reactive ketones (excluding diaryl/α,β-unsaturated/α-hetero) is 1. The number of pyridine rings is 1. The van der Waals surface area contributed by atoms with E-state index in [-0.39, 0.29) is 12.3 Å². The van der Waals surface area contributed by atoms with E-state index >= 15 is 0 Å². The monoisotopic (exact) mass is 336 g/mol. The van der Waals surface area contributed by atoms with Crippen molar-refractivity contribution in [3.8, 4) is 11.4 Å². The lowest BCUT2D eigenvalue weighted by Crippen LogP contribution is -2.28. The average Bonchev–Trinajstić information content (AvgIpc) is 3.10. The molecule has 3 rings (SSSR count). The molecule has 0 bridgehead atoms. The molecule has 2 aromatic heterocycles. The molecule has 0 fully saturated rings. The smallest absolute Gasteiger partial charge is 0.319 e. The third kappa shape index (κ3) is 4.25. The first kappa shape index (κ1) is 16.3. The highest BCUT2D eigenvalue weighted by Crippen LogP contribution is 2.13. The first-order valence-electron chi connectivity index (χ1n) is 7.59. The second-order valence-corrected chi connectivity index (χ2v) is 5.29. The molecule has 3 N–H and O–H groups in total. The third-order valence-corrected chi connectivity index (χ3v) is 3.41. The molecule has 0 atom stereocenters. The van der Waals surface area contributed by atoms with Gasteiger partial charge in [0.05, 0.1) is 6.54 Å². The number of carbonyl (C=O) groups is 2. The Labute approximate surface area is 143 Å². The molecule has 8 nitrogen and oxygen atoms in total. The molecule has 25 heavy (non-hydrogen) atoms. The van der Waals surface area contributed by atoms with E-state index in [9.17, 15) is 9.59 Å². The number of hydrogen-bond donors (Lipinski definition) is 3. The lowest BCUT2D eigenvalue weighted by molar-refractivity contribution is 0.101. The fourth-order valence-corrected chi connectivity index (χ4v) is 2.16. The molecule has 0 saturated heterocycles. The Morgan fingerprint density at radius 3 is 2.72 bits per heavy atom. The number of urea groups is 1. The predicted molar refractivity (Wildman–Crippen MR) is 91.9 cm³/mol. The Bertz CT molecular complexity index is 891. The van der Waals surface area contributed by atoms with Gasteiger partial charge in [-0.1, -0.05) is 12.1 Å². The van der Waals surface area contributed by atoms with E-state index in [0.29, 0.717) is 22.9 Å². The lowest BCUT2D eigenvalue weighted by atomic mass is 10.1. The average molecular weight is 336 g/mol. The zero-order valence-corrected chi connectivity index (χ0v) is 13.5. The Hall–Kier alpha value is -3.55. The third-order valence-electron chi connectivity index (χ3n) is 3.41. The highest BCUT2D eigenvalue weighted by Gasteiger charge is 2.08. The van der Waals surface area contributed by atoms with Gasteiger partial charge in [0.15, 0.2) is 11.6 Å². The number of benzene rings is 1. The van der Waals surface area contributed by atoms with Gasteiger partial charge in [0, 0.05) is 29.2 Å². The maximum absolute atomic E-state index is 12.0. The Morgan fingerprint density at radius 1 is 1.16 bits per heavy atom. The summed E-state index contributed by atoms with van der Waals surface area (Å²) in [7, 11) is 0. The van der Waals surface area contributed by atoms with Crippen molar-refractivity contribution in [1.29, 1.82) is 0 Å². The molecule has 0 spiro atoms. The second kappa shape index (κ2) is 7.35. The van der Waals surface area contributed by atoms with Crippen LogP contribution in [0.2, 0.25) is 0 Å². The Morgan fingerprint density at radius 2 is 1.96 bits per heavy atom. The van der Waals surface area contributed by atoms with E-state index in [0.717, 1.165) is 5.56 Å².